The van der Waals surface area contributed by atoms with Gasteiger partial charge in [0.1, 0.15) is 4.90 Å². The van der Waals surface area contributed by atoms with Crippen LogP contribution in [0.25, 0.3) is 0 Å². The third-order valence-electron chi connectivity index (χ3n) is 0.860. The van der Waals surface area contributed by atoms with Crippen LogP contribution >= 0.6 is 11.3 Å². The molecule has 0 radical (unpaired) electrons. The molecule has 0 aliphatic carbocycles. The molecule has 6 heteroatoms. The molecule has 1 aromatic rings. The fraction of sp³-hybridized carbons (Fsp3) is 0. The molecule has 0 aliphatic heterocycles. The summed E-state index contributed by atoms with van der Waals surface area (Å²) in [5.74, 6) is -0.910. The summed E-state index contributed by atoms with van der Waals surface area (Å²) < 4.78 is 41.1. The van der Waals surface area contributed by atoms with Gasteiger partial charge in [0.15, 0.2) is 5.82 Å². The van der Waals surface area contributed by atoms with Crippen molar-refractivity contribution < 1.29 is 17.4 Å². The van der Waals surface area contributed by atoms with Crippen LogP contribution in [0.3, 0.4) is 0 Å². The topological polar surface area (TPSA) is 54.4 Å². The lowest BCUT2D eigenvalue weighted by Gasteiger charge is -1.88. The van der Waals surface area contributed by atoms with Crippen molar-refractivity contribution in [1.82, 2.24) is 0 Å². The molecule has 0 aliphatic rings. The van der Waals surface area contributed by atoms with Gasteiger partial charge >= 0.3 is 0 Å². The predicted molar refractivity (Wildman–Crippen MR) is 34.1 cm³/mol. The molecule has 10 heavy (non-hydrogen) atoms. The smallest absolute Gasteiger partial charge is 0.282 e. The number of thiophene rings is 1. The summed E-state index contributed by atoms with van der Waals surface area (Å²) in [5, 5.41) is 2.04. The molecule has 0 unspecified atom stereocenters. The molecule has 1 N–H and O–H groups in total. The van der Waals surface area contributed by atoms with E-state index in [4.69, 9.17) is 4.55 Å². The number of halogens is 1. The van der Waals surface area contributed by atoms with E-state index >= 15 is 0 Å². The van der Waals surface area contributed by atoms with Crippen LogP contribution in [0.4, 0.5) is 4.39 Å². The maximum atomic E-state index is 12.3. The van der Waals surface area contributed by atoms with Gasteiger partial charge in [-0.3, -0.25) is 4.55 Å². The minimum atomic E-state index is -4.35. The van der Waals surface area contributed by atoms with Crippen LogP contribution in [-0.4, -0.2) is 13.0 Å². The summed E-state index contributed by atoms with van der Waals surface area (Å²) in [7, 11) is -4.35. The number of hydrogen-bond acceptors (Lipinski definition) is 3. The maximum Gasteiger partial charge on any atom is 0.298 e. The van der Waals surface area contributed by atoms with E-state index < -0.39 is 20.8 Å². The second-order valence-corrected chi connectivity index (χ2v) is 3.69. The first-order valence-electron chi connectivity index (χ1n) is 2.21. The number of rotatable bonds is 1. The van der Waals surface area contributed by atoms with Crippen LogP contribution in [-0.2, 0) is 10.1 Å². The lowest BCUT2D eigenvalue weighted by Crippen LogP contribution is -1.97. The molecule has 0 fully saturated rings. The van der Waals surface area contributed by atoms with Gasteiger partial charge in [-0.1, -0.05) is 0 Å². The van der Waals surface area contributed by atoms with Crippen molar-refractivity contribution in [3.8, 4) is 0 Å². The lowest BCUT2D eigenvalue weighted by atomic mass is 10.6. The lowest BCUT2D eigenvalue weighted by molar-refractivity contribution is 0.475. The molecule has 1 aromatic heterocycles. The highest BCUT2D eigenvalue weighted by atomic mass is 32.2. The van der Waals surface area contributed by atoms with E-state index in [1.807, 2.05) is 0 Å². The van der Waals surface area contributed by atoms with E-state index in [0.29, 0.717) is 0 Å². The Morgan fingerprint density at radius 2 is 2.10 bits per heavy atom. The van der Waals surface area contributed by atoms with Gasteiger partial charge in [0.05, 0.1) is 0 Å². The van der Waals surface area contributed by atoms with Crippen molar-refractivity contribution in [2.45, 2.75) is 4.90 Å². The Labute approximate surface area is 60.9 Å². The Hall–Kier alpha value is -0.460. The second-order valence-electron chi connectivity index (χ2n) is 1.56. The van der Waals surface area contributed by atoms with E-state index in [-0.39, 0.29) is 0 Å². The van der Waals surface area contributed by atoms with Crippen molar-refractivity contribution >= 4 is 21.5 Å². The summed E-state index contributed by atoms with van der Waals surface area (Å²) in [6, 6.07) is 0. The van der Waals surface area contributed by atoms with E-state index in [1.165, 1.54) is 0 Å². The minimum absolute atomic E-state index is 0.655. The molecular formula is C4H3FO3S2. The Balaban J connectivity index is 3.32. The third kappa shape index (κ3) is 1.34. The van der Waals surface area contributed by atoms with Crippen molar-refractivity contribution in [3.05, 3.63) is 16.6 Å². The van der Waals surface area contributed by atoms with Gasteiger partial charge in [0.2, 0.25) is 0 Å². The Morgan fingerprint density at radius 3 is 2.30 bits per heavy atom. The molecule has 0 spiro atoms. The van der Waals surface area contributed by atoms with Crippen LogP contribution in [0.2, 0.25) is 0 Å². The molecule has 0 atom stereocenters. The Bertz CT molecular complexity index is 326. The van der Waals surface area contributed by atoms with Crippen molar-refractivity contribution in [2.75, 3.05) is 0 Å². The average Bonchev–Trinajstić information content (AvgIpc) is 2.11. The highest BCUT2D eigenvalue weighted by molar-refractivity contribution is 7.86. The summed E-state index contributed by atoms with van der Waals surface area (Å²) >= 11 is 0.879. The fourth-order valence-corrected chi connectivity index (χ4v) is 2.04. The highest BCUT2D eigenvalue weighted by Gasteiger charge is 2.15. The molecule has 0 amide bonds. The van der Waals surface area contributed by atoms with Crippen molar-refractivity contribution in [1.29, 1.82) is 0 Å². The number of hydrogen-bond donors (Lipinski definition) is 1. The standard InChI is InChI=1S/C4H3FO3S2/c5-3-1-9-2-4(3)10(6,7)8/h1-2H,(H,6,7,8). The van der Waals surface area contributed by atoms with Gasteiger partial charge in [-0.15, -0.1) is 11.3 Å². The zero-order chi connectivity index (χ0) is 7.78. The van der Waals surface area contributed by atoms with Crippen LogP contribution in [0, 0.1) is 5.82 Å². The molecule has 56 valence electrons. The summed E-state index contributed by atoms with van der Waals surface area (Å²) in [6.07, 6.45) is 0. The SMILES string of the molecule is O=S(=O)(O)c1cscc1F. The monoisotopic (exact) mass is 182 g/mol. The Morgan fingerprint density at radius 1 is 1.50 bits per heavy atom. The molecule has 1 rings (SSSR count). The van der Waals surface area contributed by atoms with Gasteiger partial charge in [0, 0.05) is 10.8 Å². The van der Waals surface area contributed by atoms with Gasteiger partial charge in [-0.05, 0) is 0 Å². The normalized spacial score (nSPS) is 11.8. The second kappa shape index (κ2) is 2.30. The average molecular weight is 182 g/mol. The first-order chi connectivity index (χ1) is 4.52. The molecule has 0 aromatic carbocycles. The van der Waals surface area contributed by atoms with E-state index in [2.05, 4.69) is 0 Å². The van der Waals surface area contributed by atoms with Gasteiger partial charge in [0.25, 0.3) is 10.1 Å². The summed E-state index contributed by atoms with van der Waals surface area (Å²) in [5.41, 5.74) is 0. The van der Waals surface area contributed by atoms with Crippen molar-refractivity contribution in [2.24, 2.45) is 0 Å². The van der Waals surface area contributed by atoms with Gasteiger partial charge in [-0.2, -0.15) is 8.42 Å². The highest BCUT2D eigenvalue weighted by Crippen LogP contribution is 2.17. The molecule has 3 nitrogen and oxygen atoms in total. The quantitative estimate of drug-likeness (QED) is 0.662. The van der Waals surface area contributed by atoms with Crippen molar-refractivity contribution in [3.63, 3.8) is 0 Å². The molecular weight excluding hydrogens is 179 g/mol. The van der Waals surface area contributed by atoms with Crippen LogP contribution in [0.15, 0.2) is 15.7 Å². The van der Waals surface area contributed by atoms with Gasteiger partial charge in [-0.25, -0.2) is 4.39 Å². The molecule has 0 bridgehead atoms. The van der Waals surface area contributed by atoms with E-state index in [0.717, 1.165) is 22.1 Å². The first kappa shape index (κ1) is 7.64. The minimum Gasteiger partial charge on any atom is -0.282 e. The summed E-state index contributed by atoms with van der Waals surface area (Å²) in [6.45, 7) is 0. The molecule has 1 heterocycles. The molecule has 0 saturated heterocycles. The van der Waals surface area contributed by atoms with Crippen LogP contribution in [0.1, 0.15) is 0 Å². The Kier molecular flexibility index (Phi) is 1.76. The van der Waals surface area contributed by atoms with E-state index in [9.17, 15) is 12.8 Å². The predicted octanol–water partition coefficient (Wildman–Crippen LogP) is 1.13. The third-order valence-corrected chi connectivity index (χ3v) is 2.59. The zero-order valence-corrected chi connectivity index (χ0v) is 6.25. The van der Waals surface area contributed by atoms with Gasteiger partial charge < -0.3 is 0 Å². The summed E-state index contributed by atoms with van der Waals surface area (Å²) in [4.78, 5) is -0.655. The first-order valence-corrected chi connectivity index (χ1v) is 4.59. The zero-order valence-electron chi connectivity index (χ0n) is 4.61. The largest absolute Gasteiger partial charge is 0.298 e. The maximum absolute atomic E-state index is 12.3. The van der Waals surface area contributed by atoms with Crippen LogP contribution < -0.4 is 0 Å². The molecule has 0 saturated carbocycles. The fourth-order valence-electron chi connectivity index (χ4n) is 0.454. The van der Waals surface area contributed by atoms with E-state index in [1.54, 1.807) is 0 Å². The van der Waals surface area contributed by atoms with Crippen LogP contribution in [0.5, 0.6) is 0 Å².